The predicted molar refractivity (Wildman–Crippen MR) is 239 cm³/mol. The number of carbonyl (C=O) groups is 5. The molecule has 344 valence electrons. The monoisotopic (exact) mass is 980 g/mol. The van der Waals surface area contributed by atoms with Gasteiger partial charge in [-0.15, -0.1) is 0 Å². The van der Waals surface area contributed by atoms with Gasteiger partial charge in [-0.25, -0.2) is 4.79 Å². The number of Topliss-reactive ketones (excluding diaryl/α,β-unsaturated/α-hetero) is 1. The van der Waals surface area contributed by atoms with Crippen molar-refractivity contribution in [2.24, 2.45) is 16.7 Å². The molecular formula is C50H68O12Sn. The quantitative estimate of drug-likeness (QED) is 0.0733. The van der Waals surface area contributed by atoms with E-state index >= 15 is 4.79 Å². The molecule has 1 saturated heterocycles. The van der Waals surface area contributed by atoms with Crippen LogP contribution < -0.4 is 3.58 Å². The summed E-state index contributed by atoms with van der Waals surface area (Å²) in [6.07, 6.45) is -0.602. The summed E-state index contributed by atoms with van der Waals surface area (Å²) in [5, 5.41) is 25.2. The molecule has 0 radical (unpaired) electrons. The van der Waals surface area contributed by atoms with Crippen molar-refractivity contribution in [2.75, 3.05) is 6.61 Å². The zero-order chi connectivity index (χ0) is 46.1. The fourth-order valence-corrected chi connectivity index (χ4v) is 27.5. The molecule has 1 aliphatic heterocycles. The zero-order valence-electron chi connectivity index (χ0n) is 38.6. The van der Waals surface area contributed by atoms with Crippen LogP contribution in [0.2, 0.25) is 13.3 Å². The number of aliphatic hydroxyl groups excluding tert-OH is 1. The number of ether oxygens (including phenoxy) is 5. The van der Waals surface area contributed by atoms with Crippen LogP contribution >= 0.6 is 0 Å². The van der Waals surface area contributed by atoms with Gasteiger partial charge in [-0.2, -0.15) is 0 Å². The summed E-state index contributed by atoms with van der Waals surface area (Å²) in [5.41, 5.74) is -6.50. The Morgan fingerprint density at radius 3 is 1.86 bits per heavy atom. The van der Waals surface area contributed by atoms with Gasteiger partial charge in [0.25, 0.3) is 0 Å². The van der Waals surface area contributed by atoms with Crippen LogP contribution in [0, 0.1) is 16.7 Å². The molecule has 6 rings (SSSR count). The topological polar surface area (TPSA) is 172 Å². The van der Waals surface area contributed by atoms with Gasteiger partial charge in [0.05, 0.1) is 11.7 Å². The molecule has 0 amide bonds. The predicted octanol–water partition coefficient (Wildman–Crippen LogP) is 7.57. The second-order valence-corrected chi connectivity index (χ2v) is 32.6. The van der Waals surface area contributed by atoms with Crippen LogP contribution in [0.5, 0.6) is 0 Å². The Labute approximate surface area is 376 Å². The van der Waals surface area contributed by atoms with E-state index < -0.39 is 107 Å². The second kappa shape index (κ2) is 19.1. The first-order chi connectivity index (χ1) is 29.8. The molecule has 2 bridgehead atoms. The van der Waals surface area contributed by atoms with Gasteiger partial charge in [0, 0.05) is 13.8 Å². The van der Waals surface area contributed by atoms with Gasteiger partial charge in [0.1, 0.15) is 0 Å². The Kier molecular flexibility index (Phi) is 14.8. The number of fused-ring (bicyclic) bond motifs is 5. The summed E-state index contributed by atoms with van der Waals surface area (Å²) < 4.78 is 36.4. The summed E-state index contributed by atoms with van der Waals surface area (Å²) in [4.78, 5) is 71.0. The number of esters is 4. The van der Waals surface area contributed by atoms with Crippen molar-refractivity contribution in [3.63, 3.8) is 0 Å². The number of rotatable bonds is 16. The maximum atomic E-state index is 15.9. The van der Waals surface area contributed by atoms with Crippen molar-refractivity contribution >= 4 is 51.6 Å². The normalized spacial score (nSPS) is 31.0. The minimum atomic E-state index is -2.87. The molecule has 0 aromatic heterocycles. The van der Waals surface area contributed by atoms with Gasteiger partial charge in [-0.1, -0.05) is 32.0 Å². The van der Waals surface area contributed by atoms with E-state index in [0.717, 1.165) is 26.2 Å². The standard InChI is InChI=1S/C38H41O12.3C4H9.Sn/c1-20-25(41)18-38(45)32(49-34(44)24-15-11-8-12-16-24)30-36(6,31(42)29(47-21(2)39)28(20)35(38,4)5)26(48-33(43)23-13-9-7-10-14-23)17-27-37(30,19-46-27)50-22(3)40;3*1-3-4-2;/h8-16,25-27,29-30,32,41,45H,17-19H2,1-6H3;3*1,3-4H2,2H3;/t25-,26-,27+,29+,30-,32-,36+,37-,38+;;;;/m0..../s1. The van der Waals surface area contributed by atoms with E-state index in [1.165, 1.54) is 43.1 Å². The molecule has 2 N–H and O–H groups in total. The molecule has 1 heterocycles. The number of ketones is 1. The van der Waals surface area contributed by atoms with Crippen molar-refractivity contribution in [2.45, 2.75) is 169 Å². The summed E-state index contributed by atoms with van der Waals surface area (Å²) in [7, 11) is 0. The van der Waals surface area contributed by atoms with Gasteiger partial charge < -0.3 is 5.11 Å². The molecule has 2 aromatic rings. The average molecular weight is 980 g/mol. The van der Waals surface area contributed by atoms with Crippen molar-refractivity contribution in [3.8, 4) is 0 Å². The van der Waals surface area contributed by atoms with E-state index in [9.17, 15) is 29.4 Å². The molecule has 2 saturated carbocycles. The van der Waals surface area contributed by atoms with E-state index in [2.05, 4.69) is 32.9 Å². The second-order valence-electron chi connectivity index (χ2n) is 19.3. The zero-order valence-corrected chi connectivity index (χ0v) is 41.5. The first kappa shape index (κ1) is 48.9. The van der Waals surface area contributed by atoms with Crippen LogP contribution in [0.4, 0.5) is 0 Å². The summed E-state index contributed by atoms with van der Waals surface area (Å²) in [6.45, 7) is 15.3. The Morgan fingerprint density at radius 2 is 1.35 bits per heavy atom. The fourth-order valence-electron chi connectivity index (χ4n) is 11.6. The van der Waals surface area contributed by atoms with E-state index in [4.69, 9.17) is 23.7 Å². The third kappa shape index (κ3) is 8.67. The maximum absolute atomic E-state index is 15.9. The van der Waals surface area contributed by atoms with Gasteiger partial charge in [0.2, 0.25) is 0 Å². The molecule has 12 nitrogen and oxygen atoms in total. The third-order valence-electron chi connectivity index (χ3n) is 15.2. The summed E-state index contributed by atoms with van der Waals surface area (Å²) in [6, 6.07) is 16.0. The van der Waals surface area contributed by atoms with Crippen LogP contribution in [-0.2, 0) is 38.1 Å². The Hall–Kier alpha value is -3.59. The van der Waals surface area contributed by atoms with Crippen LogP contribution in [-0.4, -0.2) is 107 Å². The van der Waals surface area contributed by atoms with Crippen molar-refractivity contribution < 1.29 is 57.9 Å². The molecule has 3 fully saturated rings. The molecule has 3 aliphatic carbocycles. The molecule has 63 heavy (non-hydrogen) atoms. The summed E-state index contributed by atoms with van der Waals surface area (Å²) >= 11 is -2.87. The molecule has 9 atom stereocenters. The number of carbonyl (C=O) groups excluding carboxylic acids is 5. The average Bonchev–Trinajstić information content (AvgIpc) is 3.24. The Balaban J connectivity index is 1.53. The van der Waals surface area contributed by atoms with Crippen molar-refractivity contribution in [1.29, 1.82) is 0 Å². The van der Waals surface area contributed by atoms with E-state index in [0.29, 0.717) is 5.57 Å². The number of aliphatic hydroxyl groups is 2. The first-order valence-electron chi connectivity index (χ1n) is 23.0. The van der Waals surface area contributed by atoms with Crippen LogP contribution in [0.1, 0.15) is 134 Å². The Morgan fingerprint density at radius 1 is 0.794 bits per heavy atom. The molecule has 0 unspecified atom stereocenters. The van der Waals surface area contributed by atoms with E-state index in [1.54, 1.807) is 58.0 Å². The van der Waals surface area contributed by atoms with Crippen LogP contribution in [0.3, 0.4) is 0 Å². The van der Waals surface area contributed by atoms with E-state index in [-0.39, 0.29) is 36.1 Å². The number of benzene rings is 2. The number of hydrogen-bond donors (Lipinski definition) is 2. The number of unbranched alkanes of at least 4 members (excludes halogenated alkanes) is 3. The fraction of sp³-hybridized carbons (Fsp3) is 0.620. The molecule has 13 heteroatoms. The molecule has 4 aliphatic rings. The van der Waals surface area contributed by atoms with Gasteiger partial charge in [-0.3, -0.25) is 9.59 Å². The first-order valence-corrected chi connectivity index (χ1v) is 30.5. The van der Waals surface area contributed by atoms with Crippen molar-refractivity contribution in [1.82, 2.24) is 0 Å². The summed E-state index contributed by atoms with van der Waals surface area (Å²) in [5.74, 6) is -5.25. The Bertz CT molecular complexity index is 2040. The van der Waals surface area contributed by atoms with Gasteiger partial charge in [-0.05, 0) is 19.1 Å². The minimum absolute atomic E-state index is 0.116. The van der Waals surface area contributed by atoms with Crippen LogP contribution in [0.15, 0.2) is 65.7 Å². The van der Waals surface area contributed by atoms with Gasteiger partial charge >= 0.3 is 282 Å². The number of hydrogen-bond acceptors (Lipinski definition) is 12. The molecular weight excluding hydrogens is 911 g/mol. The van der Waals surface area contributed by atoms with Gasteiger partial charge in [0.15, 0.2) is 0 Å². The van der Waals surface area contributed by atoms with Crippen LogP contribution in [0.25, 0.3) is 0 Å². The van der Waals surface area contributed by atoms with Crippen molar-refractivity contribution in [3.05, 3.63) is 76.9 Å². The SMILES string of the molecule is CCC[CH2][Sn]([CH2]CCC)([CH2]CCC)[c]1ccc(C(=O)O[C@H]2C[C@H]3OC[C@@]3(OC(C)=O)[C@H]3[C@H](OC(=O)c4ccccc4)[C@]4(O)C[C@H](O)C(C)=C([C@@H](OC(C)=O)C(=O)[C@]23C)C4(C)C)cc1. The van der Waals surface area contributed by atoms with E-state index in [1.807, 2.05) is 12.1 Å². The molecule has 0 spiro atoms. The molecule has 2 aromatic carbocycles. The third-order valence-corrected chi connectivity index (χ3v) is 30.9.